The number of hydrogen-bond acceptors (Lipinski definition) is 5. The van der Waals surface area contributed by atoms with Crippen LogP contribution < -0.4 is 15.0 Å². The summed E-state index contributed by atoms with van der Waals surface area (Å²) in [5, 5.41) is 0.815. The third-order valence-corrected chi connectivity index (χ3v) is 5.79. The number of aryl methyl sites for hydroxylation is 1. The zero-order valence-corrected chi connectivity index (χ0v) is 18.8. The van der Waals surface area contributed by atoms with Crippen molar-refractivity contribution in [3.05, 3.63) is 76.7 Å². The molecule has 164 valence electrons. The molecule has 2 aromatic heterocycles. The average molecular weight is 450 g/mol. The molecule has 2 N–H and O–H groups in total. The normalized spacial score (nSPS) is 11.5. The molecule has 0 amide bonds. The fraction of sp³-hybridized carbons (Fsp3) is 0.167. The SMILES string of the molecule is CCc1cc(-c2ccc[nH]c2=O)c2ccc(-c3ccc(NS(C)(=O)=O)cc3)nc2c1OC. The summed E-state index contributed by atoms with van der Waals surface area (Å²) in [6.45, 7) is 2.03. The van der Waals surface area contributed by atoms with Crippen LogP contribution >= 0.6 is 0 Å². The Balaban J connectivity index is 1.90. The highest BCUT2D eigenvalue weighted by Gasteiger charge is 2.17. The lowest BCUT2D eigenvalue weighted by molar-refractivity contribution is 0.414. The number of nitrogens with one attached hydrogen (secondary N) is 2. The fourth-order valence-electron chi connectivity index (χ4n) is 3.75. The van der Waals surface area contributed by atoms with Crippen LogP contribution in [0.1, 0.15) is 12.5 Å². The maximum absolute atomic E-state index is 12.5. The number of rotatable bonds is 6. The van der Waals surface area contributed by atoms with E-state index in [9.17, 15) is 13.2 Å². The van der Waals surface area contributed by atoms with E-state index in [1.54, 1.807) is 49.7 Å². The maximum atomic E-state index is 12.5. The third kappa shape index (κ3) is 4.22. The first-order valence-corrected chi connectivity index (χ1v) is 12.0. The first kappa shape index (κ1) is 21.6. The number of anilines is 1. The van der Waals surface area contributed by atoms with Crippen LogP contribution in [-0.4, -0.2) is 31.8 Å². The number of benzene rings is 2. The standard InChI is InChI=1S/C24H23N3O4S/c1-4-15-14-20(19-6-5-13-25-24(19)28)18-11-12-21(26-22(18)23(15)31-2)16-7-9-17(10-8-16)27-32(3,29)30/h5-14,27H,4H2,1-3H3,(H,25,28). The molecule has 0 saturated carbocycles. The molecule has 7 nitrogen and oxygen atoms in total. The smallest absolute Gasteiger partial charge is 0.255 e. The number of pyridine rings is 2. The van der Waals surface area contributed by atoms with Crippen molar-refractivity contribution in [1.82, 2.24) is 9.97 Å². The molecule has 4 aromatic rings. The monoisotopic (exact) mass is 449 g/mol. The van der Waals surface area contributed by atoms with E-state index in [0.717, 1.165) is 28.3 Å². The number of methoxy groups -OCH3 is 1. The summed E-state index contributed by atoms with van der Waals surface area (Å²) < 4.78 is 31.1. The Hall–Kier alpha value is -3.65. The van der Waals surface area contributed by atoms with Gasteiger partial charge in [0, 0.05) is 28.4 Å². The molecule has 2 heterocycles. The molecule has 0 unspecified atom stereocenters. The maximum Gasteiger partial charge on any atom is 0.255 e. The van der Waals surface area contributed by atoms with E-state index in [1.807, 2.05) is 25.1 Å². The van der Waals surface area contributed by atoms with Gasteiger partial charge in [-0.15, -0.1) is 0 Å². The molecule has 32 heavy (non-hydrogen) atoms. The van der Waals surface area contributed by atoms with Crippen molar-refractivity contribution in [1.29, 1.82) is 0 Å². The van der Waals surface area contributed by atoms with Crippen molar-refractivity contribution in [3.8, 4) is 28.1 Å². The Morgan fingerprint density at radius 2 is 1.81 bits per heavy atom. The van der Waals surface area contributed by atoms with Crippen molar-refractivity contribution >= 4 is 26.6 Å². The van der Waals surface area contributed by atoms with Gasteiger partial charge in [-0.05, 0) is 60.0 Å². The molecule has 0 bridgehead atoms. The van der Waals surface area contributed by atoms with Gasteiger partial charge in [-0.25, -0.2) is 13.4 Å². The molecular weight excluding hydrogens is 426 g/mol. The Bertz CT molecular complexity index is 1460. The second-order valence-electron chi connectivity index (χ2n) is 7.43. The van der Waals surface area contributed by atoms with E-state index < -0.39 is 10.0 Å². The summed E-state index contributed by atoms with van der Waals surface area (Å²) in [5.41, 5.74) is 4.84. The number of fused-ring (bicyclic) bond motifs is 1. The van der Waals surface area contributed by atoms with Gasteiger partial charge in [0.15, 0.2) is 0 Å². The van der Waals surface area contributed by atoms with E-state index in [4.69, 9.17) is 9.72 Å². The molecule has 0 fully saturated rings. The van der Waals surface area contributed by atoms with Gasteiger partial charge >= 0.3 is 0 Å². The average Bonchev–Trinajstić information content (AvgIpc) is 2.77. The minimum atomic E-state index is -3.35. The zero-order valence-electron chi connectivity index (χ0n) is 18.0. The van der Waals surface area contributed by atoms with Crippen molar-refractivity contribution in [2.75, 3.05) is 18.1 Å². The molecular formula is C24H23N3O4S. The summed E-state index contributed by atoms with van der Waals surface area (Å²) in [5.74, 6) is 0.677. The Kier molecular flexibility index (Phi) is 5.71. The van der Waals surface area contributed by atoms with Crippen molar-refractivity contribution in [3.63, 3.8) is 0 Å². The lowest BCUT2D eigenvalue weighted by Gasteiger charge is -2.15. The van der Waals surface area contributed by atoms with Gasteiger partial charge < -0.3 is 9.72 Å². The van der Waals surface area contributed by atoms with E-state index in [-0.39, 0.29) is 5.56 Å². The Labute approximate surface area is 186 Å². The minimum Gasteiger partial charge on any atom is -0.494 e. The number of aromatic amines is 1. The van der Waals surface area contributed by atoms with Gasteiger partial charge in [-0.2, -0.15) is 0 Å². The lowest BCUT2D eigenvalue weighted by Crippen LogP contribution is -2.09. The van der Waals surface area contributed by atoms with Crippen molar-refractivity contribution in [2.24, 2.45) is 0 Å². The molecule has 8 heteroatoms. The van der Waals surface area contributed by atoms with Gasteiger partial charge in [0.1, 0.15) is 11.3 Å². The van der Waals surface area contributed by atoms with Crippen LogP contribution in [0, 0.1) is 0 Å². The summed E-state index contributed by atoms with van der Waals surface area (Å²) >= 11 is 0. The number of H-pyrrole nitrogens is 1. The van der Waals surface area contributed by atoms with Crippen LogP contribution in [0.5, 0.6) is 5.75 Å². The molecule has 0 radical (unpaired) electrons. The highest BCUT2D eigenvalue weighted by Crippen LogP contribution is 2.37. The summed E-state index contributed by atoms with van der Waals surface area (Å²) in [4.78, 5) is 20.1. The molecule has 2 aromatic carbocycles. The van der Waals surface area contributed by atoms with Gasteiger partial charge in [-0.1, -0.05) is 19.1 Å². The zero-order chi connectivity index (χ0) is 22.9. The largest absolute Gasteiger partial charge is 0.494 e. The molecule has 4 rings (SSSR count). The van der Waals surface area contributed by atoms with Gasteiger partial charge in [0.2, 0.25) is 10.0 Å². The van der Waals surface area contributed by atoms with Gasteiger partial charge in [-0.3, -0.25) is 9.52 Å². The summed E-state index contributed by atoms with van der Waals surface area (Å²) in [7, 11) is -1.73. The molecule has 0 aliphatic carbocycles. The number of aromatic nitrogens is 2. The molecule has 0 saturated heterocycles. The molecule has 0 atom stereocenters. The lowest BCUT2D eigenvalue weighted by atomic mass is 9.96. The highest BCUT2D eigenvalue weighted by atomic mass is 32.2. The second kappa shape index (κ2) is 8.47. The van der Waals surface area contributed by atoms with E-state index >= 15 is 0 Å². The fourth-order valence-corrected chi connectivity index (χ4v) is 4.31. The number of sulfonamides is 1. The first-order chi connectivity index (χ1) is 15.3. The summed E-state index contributed by atoms with van der Waals surface area (Å²) in [6.07, 6.45) is 3.43. The molecule has 0 spiro atoms. The molecule has 0 aliphatic heterocycles. The van der Waals surface area contributed by atoms with Crippen LogP contribution in [0.3, 0.4) is 0 Å². The first-order valence-electron chi connectivity index (χ1n) is 10.1. The van der Waals surface area contributed by atoms with Crippen LogP contribution in [0.25, 0.3) is 33.3 Å². The van der Waals surface area contributed by atoms with Gasteiger partial charge in [0.05, 0.1) is 19.1 Å². The third-order valence-electron chi connectivity index (χ3n) is 5.19. The predicted molar refractivity (Wildman–Crippen MR) is 128 cm³/mol. The Morgan fingerprint density at radius 3 is 2.44 bits per heavy atom. The highest BCUT2D eigenvalue weighted by molar-refractivity contribution is 7.92. The number of ether oxygens (including phenoxy) is 1. The number of hydrogen-bond donors (Lipinski definition) is 2. The van der Waals surface area contributed by atoms with E-state index in [1.165, 1.54) is 0 Å². The van der Waals surface area contributed by atoms with Crippen LogP contribution in [-0.2, 0) is 16.4 Å². The van der Waals surface area contributed by atoms with E-state index in [0.29, 0.717) is 34.6 Å². The van der Waals surface area contributed by atoms with Crippen molar-refractivity contribution in [2.45, 2.75) is 13.3 Å². The number of nitrogens with zero attached hydrogens (tertiary/aromatic N) is 1. The van der Waals surface area contributed by atoms with E-state index in [2.05, 4.69) is 9.71 Å². The topological polar surface area (TPSA) is 101 Å². The van der Waals surface area contributed by atoms with Crippen LogP contribution in [0.2, 0.25) is 0 Å². The van der Waals surface area contributed by atoms with Crippen molar-refractivity contribution < 1.29 is 13.2 Å². The second-order valence-corrected chi connectivity index (χ2v) is 9.18. The summed E-state index contributed by atoms with van der Waals surface area (Å²) in [6, 6.07) is 16.4. The molecule has 0 aliphatic rings. The van der Waals surface area contributed by atoms with Crippen LogP contribution in [0.4, 0.5) is 5.69 Å². The Morgan fingerprint density at radius 1 is 1.06 bits per heavy atom. The minimum absolute atomic E-state index is 0.168. The quantitative estimate of drug-likeness (QED) is 0.459. The van der Waals surface area contributed by atoms with Gasteiger partial charge in [0.25, 0.3) is 5.56 Å². The van der Waals surface area contributed by atoms with Crippen LogP contribution in [0.15, 0.2) is 65.6 Å². The predicted octanol–water partition coefficient (Wildman–Crippen LogP) is 4.20.